The SMILES string of the molecule is COc1nc(C2(CF)CCNCC2)cc2c(N[C@H](C)c3cccc(C(F)F)c3F)ncnc12. The summed E-state index contributed by atoms with van der Waals surface area (Å²) in [5.41, 5.74) is -0.386. The first-order chi connectivity index (χ1) is 15.9. The van der Waals surface area contributed by atoms with Crippen molar-refractivity contribution in [3.05, 3.63) is 53.2 Å². The standard InChI is InChI=1S/C23H25F4N5O/c1-13(14-4-3-5-15(18(14)25)20(26)27)31-21-16-10-17(23(11-24)6-8-28-9-7-23)32-22(33-2)19(16)29-12-30-21/h3-5,10,12-13,20,28H,6-9,11H2,1-2H3,(H,29,30,31)/t13-/m1/s1. The Hall–Kier alpha value is -3.01. The van der Waals surface area contributed by atoms with E-state index in [0.29, 0.717) is 48.3 Å². The molecule has 176 valence electrons. The Morgan fingerprint density at radius 2 is 1.91 bits per heavy atom. The van der Waals surface area contributed by atoms with Crippen LogP contribution in [0.2, 0.25) is 0 Å². The summed E-state index contributed by atoms with van der Waals surface area (Å²) in [5.74, 6) is -0.381. The van der Waals surface area contributed by atoms with Gasteiger partial charge in [-0.15, -0.1) is 0 Å². The minimum atomic E-state index is -2.92. The fourth-order valence-electron chi connectivity index (χ4n) is 4.28. The van der Waals surface area contributed by atoms with Crippen LogP contribution in [0.25, 0.3) is 10.9 Å². The van der Waals surface area contributed by atoms with Crippen molar-refractivity contribution < 1.29 is 22.3 Å². The van der Waals surface area contributed by atoms with Gasteiger partial charge in [0.05, 0.1) is 29.8 Å². The quantitative estimate of drug-likeness (QED) is 0.487. The topological polar surface area (TPSA) is 72.0 Å². The van der Waals surface area contributed by atoms with Crippen molar-refractivity contribution in [2.45, 2.75) is 37.6 Å². The second kappa shape index (κ2) is 9.46. The number of rotatable bonds is 7. The maximum atomic E-state index is 14.7. The van der Waals surface area contributed by atoms with E-state index in [1.807, 2.05) is 0 Å². The number of piperidine rings is 1. The maximum absolute atomic E-state index is 14.7. The molecule has 6 nitrogen and oxygen atoms in total. The highest BCUT2D eigenvalue weighted by atomic mass is 19.3. The number of alkyl halides is 3. The van der Waals surface area contributed by atoms with Gasteiger partial charge < -0.3 is 15.4 Å². The van der Waals surface area contributed by atoms with E-state index in [1.54, 1.807) is 13.0 Å². The highest BCUT2D eigenvalue weighted by molar-refractivity contribution is 5.92. The predicted molar refractivity (Wildman–Crippen MR) is 117 cm³/mol. The maximum Gasteiger partial charge on any atom is 0.266 e. The highest BCUT2D eigenvalue weighted by Gasteiger charge is 2.36. The third kappa shape index (κ3) is 4.31. The molecule has 3 aromatic rings. The summed E-state index contributed by atoms with van der Waals surface area (Å²) < 4.78 is 60.7. The lowest BCUT2D eigenvalue weighted by molar-refractivity contribution is 0.146. The molecule has 0 radical (unpaired) electrons. The number of benzene rings is 1. The molecule has 1 fully saturated rings. The van der Waals surface area contributed by atoms with Crippen molar-refractivity contribution >= 4 is 16.7 Å². The minimum absolute atomic E-state index is 0.0828. The number of ether oxygens (including phenoxy) is 1. The molecule has 1 aliphatic rings. The van der Waals surface area contributed by atoms with E-state index < -0.39 is 35.9 Å². The molecule has 2 N–H and O–H groups in total. The molecule has 0 unspecified atom stereocenters. The van der Waals surface area contributed by atoms with Crippen LogP contribution in [0.5, 0.6) is 5.88 Å². The molecule has 0 saturated carbocycles. The second-order valence-corrected chi connectivity index (χ2v) is 8.22. The van der Waals surface area contributed by atoms with Crippen LogP contribution in [0.3, 0.4) is 0 Å². The van der Waals surface area contributed by atoms with Crippen molar-refractivity contribution in [1.82, 2.24) is 20.3 Å². The van der Waals surface area contributed by atoms with Gasteiger partial charge in [-0.25, -0.2) is 28.1 Å². The van der Waals surface area contributed by atoms with Gasteiger partial charge in [0.1, 0.15) is 30.2 Å². The van der Waals surface area contributed by atoms with E-state index in [4.69, 9.17) is 4.74 Å². The molecule has 2 aromatic heterocycles. The molecule has 1 atom stereocenters. The largest absolute Gasteiger partial charge is 0.479 e. The fraction of sp³-hybridized carbons (Fsp3) is 0.435. The number of hydrogen-bond donors (Lipinski definition) is 2. The number of halogens is 4. The van der Waals surface area contributed by atoms with E-state index in [9.17, 15) is 17.6 Å². The molecular formula is C23H25F4N5O. The lowest BCUT2D eigenvalue weighted by Gasteiger charge is -2.35. The number of hydrogen-bond acceptors (Lipinski definition) is 6. The molecule has 0 amide bonds. The van der Waals surface area contributed by atoms with E-state index in [1.165, 1.54) is 25.6 Å². The van der Waals surface area contributed by atoms with Gasteiger partial charge in [-0.2, -0.15) is 0 Å². The van der Waals surface area contributed by atoms with Gasteiger partial charge in [-0.05, 0) is 38.9 Å². The van der Waals surface area contributed by atoms with Gasteiger partial charge in [0.15, 0.2) is 0 Å². The lowest BCUT2D eigenvalue weighted by Crippen LogP contribution is -2.42. The average Bonchev–Trinajstić information content (AvgIpc) is 2.83. The Labute approximate surface area is 188 Å². The summed E-state index contributed by atoms with van der Waals surface area (Å²) in [4.78, 5) is 13.1. The van der Waals surface area contributed by atoms with Gasteiger partial charge in [-0.1, -0.05) is 18.2 Å². The number of fused-ring (bicyclic) bond motifs is 1. The number of methoxy groups -OCH3 is 1. The molecule has 0 aliphatic carbocycles. The van der Waals surface area contributed by atoms with Crippen molar-refractivity contribution in [2.24, 2.45) is 0 Å². The Kier molecular flexibility index (Phi) is 6.64. The van der Waals surface area contributed by atoms with Crippen LogP contribution in [0.15, 0.2) is 30.6 Å². The monoisotopic (exact) mass is 463 g/mol. The van der Waals surface area contributed by atoms with Crippen LogP contribution in [-0.2, 0) is 5.41 Å². The molecule has 33 heavy (non-hydrogen) atoms. The number of pyridine rings is 1. The zero-order chi connectivity index (χ0) is 23.6. The van der Waals surface area contributed by atoms with Crippen LogP contribution < -0.4 is 15.4 Å². The Morgan fingerprint density at radius 1 is 1.18 bits per heavy atom. The summed E-state index contributed by atoms with van der Waals surface area (Å²) in [6.07, 6.45) is -0.465. The number of aromatic nitrogens is 3. The van der Waals surface area contributed by atoms with Gasteiger partial charge in [0.25, 0.3) is 6.43 Å². The molecule has 0 spiro atoms. The van der Waals surface area contributed by atoms with Crippen molar-refractivity contribution in [3.8, 4) is 5.88 Å². The lowest BCUT2D eigenvalue weighted by atomic mass is 9.76. The van der Waals surface area contributed by atoms with E-state index in [-0.39, 0.29) is 11.4 Å². The molecule has 3 heterocycles. The third-order valence-corrected chi connectivity index (χ3v) is 6.26. The molecule has 1 aromatic carbocycles. The number of nitrogens with one attached hydrogen (secondary N) is 2. The van der Waals surface area contributed by atoms with E-state index in [0.717, 1.165) is 6.07 Å². The van der Waals surface area contributed by atoms with E-state index >= 15 is 0 Å². The highest BCUT2D eigenvalue weighted by Crippen LogP contribution is 2.38. The second-order valence-electron chi connectivity index (χ2n) is 8.22. The molecular weight excluding hydrogens is 438 g/mol. The fourth-order valence-corrected chi connectivity index (χ4v) is 4.28. The summed E-state index contributed by atoms with van der Waals surface area (Å²) in [6, 6.07) is 4.96. The van der Waals surface area contributed by atoms with Crippen LogP contribution in [0, 0.1) is 5.82 Å². The van der Waals surface area contributed by atoms with Crippen LogP contribution in [0.4, 0.5) is 23.4 Å². The van der Waals surface area contributed by atoms with Gasteiger partial charge in [0.2, 0.25) is 5.88 Å². The normalized spacial score (nSPS) is 16.7. The van der Waals surface area contributed by atoms with Crippen LogP contribution in [-0.4, -0.2) is 41.8 Å². The first-order valence-electron chi connectivity index (χ1n) is 10.7. The van der Waals surface area contributed by atoms with Crippen molar-refractivity contribution in [3.63, 3.8) is 0 Å². The van der Waals surface area contributed by atoms with E-state index in [2.05, 4.69) is 25.6 Å². The first kappa shape index (κ1) is 23.2. The Balaban J connectivity index is 1.78. The Bertz CT molecular complexity index is 1140. The zero-order valence-electron chi connectivity index (χ0n) is 18.3. The van der Waals surface area contributed by atoms with Crippen LogP contribution in [0.1, 0.15) is 49.1 Å². The number of nitrogens with zero attached hydrogens (tertiary/aromatic N) is 3. The average molecular weight is 463 g/mol. The van der Waals surface area contributed by atoms with Gasteiger partial charge >= 0.3 is 0 Å². The van der Waals surface area contributed by atoms with Crippen molar-refractivity contribution in [2.75, 3.05) is 32.2 Å². The Morgan fingerprint density at radius 3 is 2.58 bits per heavy atom. The first-order valence-corrected chi connectivity index (χ1v) is 10.7. The summed E-state index contributed by atoms with van der Waals surface area (Å²) >= 11 is 0. The summed E-state index contributed by atoms with van der Waals surface area (Å²) in [7, 11) is 1.46. The smallest absolute Gasteiger partial charge is 0.266 e. The molecule has 4 rings (SSSR count). The molecule has 1 aliphatic heterocycles. The van der Waals surface area contributed by atoms with Gasteiger partial charge in [0, 0.05) is 11.0 Å². The third-order valence-electron chi connectivity index (χ3n) is 6.26. The van der Waals surface area contributed by atoms with Crippen molar-refractivity contribution in [1.29, 1.82) is 0 Å². The summed E-state index contributed by atoms with van der Waals surface area (Å²) in [6.45, 7) is 2.41. The van der Waals surface area contributed by atoms with Crippen LogP contribution >= 0.6 is 0 Å². The molecule has 0 bridgehead atoms. The zero-order valence-corrected chi connectivity index (χ0v) is 18.3. The molecule has 10 heteroatoms. The summed E-state index contributed by atoms with van der Waals surface area (Å²) in [5, 5.41) is 6.86. The predicted octanol–water partition coefficient (Wildman–Crippen LogP) is 4.87. The minimum Gasteiger partial charge on any atom is -0.479 e. The number of anilines is 1. The van der Waals surface area contributed by atoms with Gasteiger partial charge in [-0.3, -0.25) is 4.39 Å². The molecule has 1 saturated heterocycles.